The molecule has 2 aromatic carbocycles. The number of nitrogens with one attached hydrogen (secondary N) is 2. The average Bonchev–Trinajstić information content (AvgIpc) is 3.21. The molecule has 0 saturated carbocycles. The van der Waals surface area contributed by atoms with E-state index in [9.17, 15) is 9.59 Å². The minimum Gasteiger partial charge on any atom is -0.497 e. The highest BCUT2D eigenvalue weighted by Crippen LogP contribution is 2.28. The third-order valence-corrected chi connectivity index (χ3v) is 5.59. The van der Waals surface area contributed by atoms with Gasteiger partial charge in [-0.3, -0.25) is 9.59 Å². The van der Waals surface area contributed by atoms with Gasteiger partial charge in [-0.15, -0.1) is 0 Å². The molecule has 0 unspecified atom stereocenters. The Bertz CT molecular complexity index is 1180. The molecule has 1 fully saturated rings. The number of aryl methyl sites for hydroxylation is 1. The van der Waals surface area contributed by atoms with E-state index in [1.807, 2.05) is 56.3 Å². The van der Waals surface area contributed by atoms with Crippen LogP contribution < -0.4 is 25.2 Å². The first-order chi connectivity index (χ1) is 16.3. The number of ether oxygens (including phenoxy) is 1. The number of rotatable bonds is 7. The monoisotopic (exact) mass is 460 g/mol. The molecule has 1 aliphatic heterocycles. The zero-order valence-corrected chi connectivity index (χ0v) is 19.7. The summed E-state index contributed by atoms with van der Waals surface area (Å²) in [7, 11) is 5.45. The third-order valence-electron chi connectivity index (χ3n) is 5.59. The van der Waals surface area contributed by atoms with Gasteiger partial charge in [-0.05, 0) is 55.5 Å². The lowest BCUT2D eigenvalue weighted by atomic mass is 10.1. The average molecular weight is 461 g/mol. The van der Waals surface area contributed by atoms with Gasteiger partial charge in [0.1, 0.15) is 11.6 Å². The Balaban J connectivity index is 1.37. The van der Waals surface area contributed by atoms with Crippen LogP contribution in [0.1, 0.15) is 12.1 Å². The number of benzene rings is 2. The maximum atomic E-state index is 12.8. The van der Waals surface area contributed by atoms with Crippen LogP contribution in [-0.2, 0) is 9.59 Å². The predicted molar refractivity (Wildman–Crippen MR) is 133 cm³/mol. The van der Waals surface area contributed by atoms with Crippen molar-refractivity contribution in [2.75, 3.05) is 48.2 Å². The Morgan fingerprint density at radius 3 is 2.38 bits per heavy atom. The van der Waals surface area contributed by atoms with E-state index < -0.39 is 5.92 Å². The fraction of sp³-hybridized carbons (Fsp3) is 0.280. The molecule has 1 aromatic heterocycles. The lowest BCUT2D eigenvalue weighted by Gasteiger charge is -2.17. The summed E-state index contributed by atoms with van der Waals surface area (Å²) in [5.41, 5.74) is 3.08. The Morgan fingerprint density at radius 2 is 1.74 bits per heavy atom. The Labute approximate surface area is 198 Å². The molecule has 9 nitrogen and oxygen atoms in total. The highest BCUT2D eigenvalue weighted by atomic mass is 16.5. The number of carbonyl (C=O) groups excluding carboxylic acids is 2. The lowest BCUT2D eigenvalue weighted by Crippen LogP contribution is -2.28. The molecular weight excluding hydrogens is 432 g/mol. The SMILES string of the molecule is COc1ccc(N2C[C@@H](C(=O)Nc3ccc(Nc4nc(C)cc(N(C)C)n4)cc3)CC2=O)cc1. The van der Waals surface area contributed by atoms with E-state index in [-0.39, 0.29) is 18.2 Å². The first-order valence-electron chi connectivity index (χ1n) is 11.0. The van der Waals surface area contributed by atoms with Gasteiger partial charge in [-0.1, -0.05) is 0 Å². The van der Waals surface area contributed by atoms with E-state index >= 15 is 0 Å². The normalized spacial score (nSPS) is 15.2. The number of carbonyl (C=O) groups is 2. The number of amides is 2. The molecule has 4 rings (SSSR count). The molecule has 2 amide bonds. The molecule has 34 heavy (non-hydrogen) atoms. The summed E-state index contributed by atoms with van der Waals surface area (Å²) < 4.78 is 5.16. The van der Waals surface area contributed by atoms with Gasteiger partial charge in [0.25, 0.3) is 0 Å². The van der Waals surface area contributed by atoms with Crippen molar-refractivity contribution in [2.24, 2.45) is 5.92 Å². The van der Waals surface area contributed by atoms with Gasteiger partial charge in [-0.2, -0.15) is 4.98 Å². The maximum Gasteiger partial charge on any atom is 0.229 e. The van der Waals surface area contributed by atoms with Crippen molar-refractivity contribution in [2.45, 2.75) is 13.3 Å². The van der Waals surface area contributed by atoms with Crippen molar-refractivity contribution in [1.29, 1.82) is 0 Å². The standard InChI is InChI=1S/C25H28N6O3/c1-16-13-22(30(2)3)29-25(26-16)28-19-7-5-18(6-8-19)27-24(33)17-14-23(32)31(15-17)20-9-11-21(34-4)12-10-20/h5-13,17H,14-15H2,1-4H3,(H,27,33)(H,26,28,29)/t17-/m0/s1. The molecule has 3 aromatic rings. The second-order valence-corrected chi connectivity index (χ2v) is 8.38. The number of aromatic nitrogens is 2. The minimum absolute atomic E-state index is 0.0693. The lowest BCUT2D eigenvalue weighted by molar-refractivity contribution is -0.122. The van der Waals surface area contributed by atoms with E-state index in [1.165, 1.54) is 0 Å². The van der Waals surface area contributed by atoms with Gasteiger partial charge in [-0.25, -0.2) is 4.98 Å². The zero-order chi connectivity index (χ0) is 24.2. The minimum atomic E-state index is -0.419. The molecule has 2 heterocycles. The fourth-order valence-corrected chi connectivity index (χ4v) is 3.74. The Morgan fingerprint density at radius 1 is 1.06 bits per heavy atom. The predicted octanol–water partition coefficient (Wildman–Crippen LogP) is 3.59. The summed E-state index contributed by atoms with van der Waals surface area (Å²) in [5, 5.41) is 6.11. The van der Waals surface area contributed by atoms with Gasteiger partial charge >= 0.3 is 0 Å². The van der Waals surface area contributed by atoms with Crippen LogP contribution in [0.15, 0.2) is 54.6 Å². The molecule has 0 radical (unpaired) electrons. The zero-order valence-electron chi connectivity index (χ0n) is 19.7. The molecule has 1 atom stereocenters. The van der Waals surface area contributed by atoms with Crippen LogP contribution >= 0.6 is 0 Å². The first-order valence-corrected chi connectivity index (χ1v) is 11.0. The number of hydrogen-bond donors (Lipinski definition) is 2. The Kier molecular flexibility index (Phi) is 6.62. The molecule has 1 aliphatic rings. The number of nitrogens with zero attached hydrogens (tertiary/aromatic N) is 4. The van der Waals surface area contributed by atoms with Crippen LogP contribution in [0.2, 0.25) is 0 Å². The quantitative estimate of drug-likeness (QED) is 0.556. The van der Waals surface area contributed by atoms with Crippen molar-refractivity contribution in [1.82, 2.24) is 9.97 Å². The molecule has 0 aliphatic carbocycles. The smallest absolute Gasteiger partial charge is 0.229 e. The molecule has 176 valence electrons. The summed E-state index contributed by atoms with van der Waals surface area (Å²) in [4.78, 5) is 37.8. The van der Waals surface area contributed by atoms with Crippen LogP contribution in [-0.4, -0.2) is 49.5 Å². The van der Waals surface area contributed by atoms with Crippen molar-refractivity contribution < 1.29 is 14.3 Å². The molecular formula is C25H28N6O3. The second-order valence-electron chi connectivity index (χ2n) is 8.38. The summed E-state index contributed by atoms with van der Waals surface area (Å²) in [6.07, 6.45) is 0.177. The number of methoxy groups -OCH3 is 1. The highest BCUT2D eigenvalue weighted by Gasteiger charge is 2.35. The van der Waals surface area contributed by atoms with E-state index in [1.54, 1.807) is 36.3 Å². The van der Waals surface area contributed by atoms with Gasteiger partial charge in [0.15, 0.2) is 0 Å². The fourth-order valence-electron chi connectivity index (χ4n) is 3.74. The van der Waals surface area contributed by atoms with Gasteiger partial charge in [0, 0.05) is 55.9 Å². The van der Waals surface area contributed by atoms with Crippen molar-refractivity contribution in [3.05, 3.63) is 60.3 Å². The molecule has 9 heteroatoms. The number of hydrogen-bond acceptors (Lipinski definition) is 7. The van der Waals surface area contributed by atoms with E-state index in [4.69, 9.17) is 4.74 Å². The summed E-state index contributed by atoms with van der Waals surface area (Å²) in [5.74, 6) is 1.37. The van der Waals surface area contributed by atoms with Crippen LogP contribution in [0.25, 0.3) is 0 Å². The van der Waals surface area contributed by atoms with Crippen LogP contribution in [0, 0.1) is 12.8 Å². The van der Waals surface area contributed by atoms with Crippen LogP contribution in [0.3, 0.4) is 0 Å². The molecule has 0 bridgehead atoms. The summed E-state index contributed by atoms with van der Waals surface area (Å²) in [6, 6.07) is 16.5. The van der Waals surface area contributed by atoms with Gasteiger partial charge < -0.3 is 25.2 Å². The summed E-state index contributed by atoms with van der Waals surface area (Å²) >= 11 is 0. The van der Waals surface area contributed by atoms with Crippen molar-refractivity contribution in [3.8, 4) is 5.75 Å². The largest absolute Gasteiger partial charge is 0.497 e. The first kappa shape index (κ1) is 23.0. The second kappa shape index (κ2) is 9.78. The Hall–Kier alpha value is -4.14. The van der Waals surface area contributed by atoms with Gasteiger partial charge in [0.2, 0.25) is 17.8 Å². The van der Waals surface area contributed by atoms with Gasteiger partial charge in [0.05, 0.1) is 13.0 Å². The molecule has 1 saturated heterocycles. The molecule has 2 N–H and O–H groups in total. The van der Waals surface area contributed by atoms with Crippen molar-refractivity contribution in [3.63, 3.8) is 0 Å². The van der Waals surface area contributed by atoms with Crippen LogP contribution in [0.5, 0.6) is 5.75 Å². The van der Waals surface area contributed by atoms with E-state index in [2.05, 4.69) is 20.6 Å². The maximum absolute atomic E-state index is 12.8. The van der Waals surface area contributed by atoms with Crippen LogP contribution in [0.4, 0.5) is 28.8 Å². The van der Waals surface area contributed by atoms with E-state index in [0.29, 0.717) is 18.2 Å². The van der Waals surface area contributed by atoms with E-state index in [0.717, 1.165) is 28.6 Å². The third kappa shape index (κ3) is 5.25. The molecule has 0 spiro atoms. The summed E-state index contributed by atoms with van der Waals surface area (Å²) in [6.45, 7) is 2.26. The van der Waals surface area contributed by atoms with Crippen molar-refractivity contribution >= 4 is 40.6 Å². The number of anilines is 5. The topological polar surface area (TPSA) is 99.7 Å². The highest BCUT2D eigenvalue weighted by molar-refractivity contribution is 6.03.